The van der Waals surface area contributed by atoms with Crippen molar-refractivity contribution in [3.8, 4) is 5.75 Å². The van der Waals surface area contributed by atoms with E-state index in [0.29, 0.717) is 6.54 Å². The number of hydrogen-bond donors (Lipinski definition) is 2. The molecule has 6 heteroatoms. The number of nitrogens with two attached hydrogens (primary N) is 1. The van der Waals surface area contributed by atoms with Crippen molar-refractivity contribution < 1.29 is 14.3 Å². The molecule has 0 spiro atoms. The van der Waals surface area contributed by atoms with Crippen LogP contribution in [0.1, 0.15) is 24.4 Å². The number of carbonyl (C=O) groups excluding carboxylic acids is 2. The molecule has 0 aromatic heterocycles. The van der Waals surface area contributed by atoms with Crippen molar-refractivity contribution in [1.29, 1.82) is 0 Å². The van der Waals surface area contributed by atoms with E-state index in [0.717, 1.165) is 24.2 Å². The normalized spacial score (nSPS) is 17.6. The predicted molar refractivity (Wildman–Crippen MR) is 78.7 cm³/mol. The standard InChI is InChI=1S/C15H21N3O3/c1-21-13-7-3-2-5-11(13)12-6-4-8-18(12)15(20)10-17-14(19)9-16/h2-3,5,7,12H,4,6,8-10,16H2,1H3,(H,17,19). The molecule has 1 saturated heterocycles. The van der Waals surface area contributed by atoms with Crippen LogP contribution in [0.4, 0.5) is 0 Å². The van der Waals surface area contributed by atoms with Crippen LogP contribution in [-0.4, -0.2) is 43.5 Å². The van der Waals surface area contributed by atoms with Gasteiger partial charge in [-0.05, 0) is 18.9 Å². The molecule has 1 fully saturated rings. The second-order valence-electron chi connectivity index (χ2n) is 4.97. The van der Waals surface area contributed by atoms with Gasteiger partial charge in [0.2, 0.25) is 11.8 Å². The van der Waals surface area contributed by atoms with Crippen LogP contribution in [0.25, 0.3) is 0 Å². The van der Waals surface area contributed by atoms with Crippen LogP contribution in [0, 0.1) is 0 Å². The first kappa shape index (κ1) is 15.3. The third kappa shape index (κ3) is 3.52. The summed E-state index contributed by atoms with van der Waals surface area (Å²) in [5, 5.41) is 2.52. The molecule has 1 heterocycles. The Morgan fingerprint density at radius 3 is 2.90 bits per heavy atom. The average molecular weight is 291 g/mol. The van der Waals surface area contributed by atoms with Gasteiger partial charge in [-0.3, -0.25) is 9.59 Å². The Bertz CT molecular complexity index is 519. The van der Waals surface area contributed by atoms with Crippen molar-refractivity contribution in [2.75, 3.05) is 26.7 Å². The molecule has 6 nitrogen and oxygen atoms in total. The van der Waals surface area contributed by atoms with Crippen LogP contribution >= 0.6 is 0 Å². The maximum Gasteiger partial charge on any atom is 0.242 e. The number of benzene rings is 1. The molecule has 0 aliphatic carbocycles. The molecule has 1 aliphatic heterocycles. The molecule has 114 valence electrons. The summed E-state index contributed by atoms with van der Waals surface area (Å²) >= 11 is 0. The number of nitrogens with one attached hydrogen (secondary N) is 1. The minimum absolute atomic E-state index is 0.00317. The highest BCUT2D eigenvalue weighted by Crippen LogP contribution is 2.36. The van der Waals surface area contributed by atoms with Crippen LogP contribution in [0.3, 0.4) is 0 Å². The molecule has 21 heavy (non-hydrogen) atoms. The first-order chi connectivity index (χ1) is 10.2. The van der Waals surface area contributed by atoms with E-state index in [1.807, 2.05) is 24.3 Å². The Labute approximate surface area is 124 Å². The van der Waals surface area contributed by atoms with Crippen LogP contribution in [0.15, 0.2) is 24.3 Å². The molecule has 3 N–H and O–H groups in total. The fourth-order valence-electron chi connectivity index (χ4n) is 2.68. The summed E-state index contributed by atoms with van der Waals surface area (Å²) in [4.78, 5) is 25.2. The number of rotatable bonds is 5. The molecular weight excluding hydrogens is 270 g/mol. The summed E-state index contributed by atoms with van der Waals surface area (Å²) < 4.78 is 5.38. The van der Waals surface area contributed by atoms with Gasteiger partial charge in [0, 0.05) is 12.1 Å². The van der Waals surface area contributed by atoms with Gasteiger partial charge >= 0.3 is 0 Å². The molecule has 1 unspecified atom stereocenters. The highest BCUT2D eigenvalue weighted by molar-refractivity contribution is 5.85. The van der Waals surface area contributed by atoms with Crippen LogP contribution < -0.4 is 15.8 Å². The van der Waals surface area contributed by atoms with E-state index in [1.165, 1.54) is 0 Å². The number of nitrogens with zero attached hydrogens (tertiary/aromatic N) is 1. The number of likely N-dealkylation sites (tertiary alicyclic amines) is 1. The molecule has 2 rings (SSSR count). The zero-order chi connectivity index (χ0) is 15.2. The second-order valence-corrected chi connectivity index (χ2v) is 4.97. The third-order valence-electron chi connectivity index (χ3n) is 3.69. The van der Waals surface area contributed by atoms with Crippen LogP contribution in [0.2, 0.25) is 0 Å². The Morgan fingerprint density at radius 1 is 1.43 bits per heavy atom. The Hall–Kier alpha value is -2.08. The Balaban J connectivity index is 2.09. The quantitative estimate of drug-likeness (QED) is 0.824. The summed E-state index contributed by atoms with van der Waals surface area (Å²) in [6.45, 7) is 0.574. The topological polar surface area (TPSA) is 84.7 Å². The van der Waals surface area contributed by atoms with Crippen molar-refractivity contribution in [2.45, 2.75) is 18.9 Å². The van der Waals surface area contributed by atoms with Crippen molar-refractivity contribution in [3.05, 3.63) is 29.8 Å². The van der Waals surface area contributed by atoms with Gasteiger partial charge in [0.05, 0.1) is 26.2 Å². The van der Waals surface area contributed by atoms with Crippen molar-refractivity contribution in [1.82, 2.24) is 10.2 Å². The van der Waals surface area contributed by atoms with Gasteiger partial charge in [-0.2, -0.15) is 0 Å². The van der Waals surface area contributed by atoms with E-state index < -0.39 is 0 Å². The number of ether oxygens (including phenoxy) is 1. The van der Waals surface area contributed by atoms with E-state index >= 15 is 0 Å². The van der Waals surface area contributed by atoms with E-state index in [1.54, 1.807) is 12.0 Å². The van der Waals surface area contributed by atoms with Gasteiger partial charge in [0.25, 0.3) is 0 Å². The van der Waals surface area contributed by atoms with Gasteiger partial charge in [-0.1, -0.05) is 18.2 Å². The van der Waals surface area contributed by atoms with Crippen molar-refractivity contribution in [2.24, 2.45) is 5.73 Å². The lowest BCUT2D eigenvalue weighted by molar-refractivity contribution is -0.133. The summed E-state index contributed by atoms with van der Waals surface area (Å²) in [5.74, 6) is 0.370. The van der Waals surface area contributed by atoms with E-state index in [2.05, 4.69) is 5.32 Å². The van der Waals surface area contributed by atoms with E-state index in [9.17, 15) is 9.59 Å². The zero-order valence-electron chi connectivity index (χ0n) is 12.2. The molecule has 0 radical (unpaired) electrons. The number of amides is 2. The lowest BCUT2D eigenvalue weighted by Gasteiger charge is -2.26. The molecule has 1 aromatic carbocycles. The molecule has 0 bridgehead atoms. The molecule has 1 atom stereocenters. The SMILES string of the molecule is COc1ccccc1C1CCCN1C(=O)CNC(=O)CN. The van der Waals surface area contributed by atoms with Gasteiger partial charge < -0.3 is 20.7 Å². The van der Waals surface area contributed by atoms with Gasteiger partial charge in [0.1, 0.15) is 5.75 Å². The molecular formula is C15H21N3O3. The average Bonchev–Trinajstić information content (AvgIpc) is 3.01. The largest absolute Gasteiger partial charge is 0.496 e. The maximum absolute atomic E-state index is 12.3. The number of para-hydroxylation sites is 1. The predicted octanol–water partition coefficient (Wildman–Crippen LogP) is 0.434. The Morgan fingerprint density at radius 2 is 2.19 bits per heavy atom. The molecule has 1 aromatic rings. The fraction of sp³-hybridized carbons (Fsp3) is 0.467. The fourth-order valence-corrected chi connectivity index (χ4v) is 2.68. The second kappa shape index (κ2) is 7.08. The number of carbonyl (C=O) groups is 2. The minimum atomic E-state index is -0.323. The lowest BCUT2D eigenvalue weighted by Crippen LogP contribution is -2.41. The van der Waals surface area contributed by atoms with Gasteiger partial charge in [-0.25, -0.2) is 0 Å². The van der Waals surface area contributed by atoms with Gasteiger partial charge in [-0.15, -0.1) is 0 Å². The third-order valence-corrected chi connectivity index (χ3v) is 3.69. The zero-order valence-corrected chi connectivity index (χ0v) is 12.2. The smallest absolute Gasteiger partial charge is 0.242 e. The highest BCUT2D eigenvalue weighted by atomic mass is 16.5. The van der Waals surface area contributed by atoms with Crippen LogP contribution in [-0.2, 0) is 9.59 Å². The summed E-state index contributed by atoms with van der Waals surface area (Å²) in [7, 11) is 1.63. The molecule has 0 saturated carbocycles. The first-order valence-electron chi connectivity index (χ1n) is 7.06. The Kier molecular flexibility index (Phi) is 5.16. The highest BCUT2D eigenvalue weighted by Gasteiger charge is 2.31. The van der Waals surface area contributed by atoms with Gasteiger partial charge in [0.15, 0.2) is 0 Å². The van der Waals surface area contributed by atoms with E-state index in [4.69, 9.17) is 10.5 Å². The minimum Gasteiger partial charge on any atom is -0.496 e. The molecule has 1 aliphatic rings. The van der Waals surface area contributed by atoms with Crippen molar-refractivity contribution >= 4 is 11.8 Å². The summed E-state index contributed by atoms with van der Waals surface area (Å²) in [6.07, 6.45) is 1.84. The van der Waals surface area contributed by atoms with Crippen LogP contribution in [0.5, 0.6) is 5.75 Å². The number of hydrogen-bond acceptors (Lipinski definition) is 4. The summed E-state index contributed by atoms with van der Waals surface area (Å²) in [6, 6.07) is 7.73. The van der Waals surface area contributed by atoms with Crippen molar-refractivity contribution in [3.63, 3.8) is 0 Å². The maximum atomic E-state index is 12.3. The first-order valence-corrected chi connectivity index (χ1v) is 7.06. The monoisotopic (exact) mass is 291 g/mol. The number of methoxy groups -OCH3 is 1. The summed E-state index contributed by atoms with van der Waals surface area (Å²) in [5.41, 5.74) is 6.22. The lowest BCUT2D eigenvalue weighted by atomic mass is 10.0. The molecule has 2 amide bonds. The van der Waals surface area contributed by atoms with E-state index in [-0.39, 0.29) is 30.9 Å².